The summed E-state index contributed by atoms with van der Waals surface area (Å²) in [6.45, 7) is 4.16. The van der Waals surface area contributed by atoms with Crippen molar-refractivity contribution in [3.05, 3.63) is 57.0 Å². The molecule has 0 amide bonds. The molecule has 0 aliphatic heterocycles. The Morgan fingerprint density at radius 1 is 1.11 bits per heavy atom. The number of ether oxygens (including phenoxy) is 1. The molecular formula is C15H14BrClO. The van der Waals surface area contributed by atoms with Crippen LogP contribution in [-0.2, 0) is 6.42 Å². The highest BCUT2D eigenvalue weighted by atomic mass is 79.9. The van der Waals surface area contributed by atoms with Gasteiger partial charge in [-0.2, -0.15) is 0 Å². The summed E-state index contributed by atoms with van der Waals surface area (Å²) in [5, 5.41) is 0.664. The predicted molar refractivity (Wildman–Crippen MR) is 79.8 cm³/mol. The Labute approximate surface area is 121 Å². The molecule has 2 aromatic carbocycles. The van der Waals surface area contributed by atoms with Crippen LogP contribution < -0.4 is 4.74 Å². The summed E-state index contributed by atoms with van der Waals surface area (Å²) in [6.07, 6.45) is 0.993. The number of rotatable bonds is 3. The molecule has 0 N–H and O–H groups in total. The van der Waals surface area contributed by atoms with Gasteiger partial charge in [-0.25, -0.2) is 0 Å². The van der Waals surface area contributed by atoms with Crippen molar-refractivity contribution < 1.29 is 4.74 Å². The molecule has 0 unspecified atom stereocenters. The number of benzene rings is 2. The summed E-state index contributed by atoms with van der Waals surface area (Å²) in [5.74, 6) is 1.61. The van der Waals surface area contributed by atoms with Crippen molar-refractivity contribution in [2.24, 2.45) is 0 Å². The SMILES string of the molecule is CCc1ccc(C)c(Oc2cc(Cl)ccc2Br)c1. The molecule has 0 fully saturated rings. The molecule has 0 radical (unpaired) electrons. The van der Waals surface area contributed by atoms with E-state index in [2.05, 4.69) is 41.1 Å². The first-order chi connectivity index (χ1) is 8.60. The lowest BCUT2D eigenvalue weighted by molar-refractivity contribution is 0.475. The highest BCUT2D eigenvalue weighted by molar-refractivity contribution is 9.10. The lowest BCUT2D eigenvalue weighted by Gasteiger charge is -2.11. The largest absolute Gasteiger partial charge is 0.456 e. The van der Waals surface area contributed by atoms with Gasteiger partial charge in [-0.3, -0.25) is 0 Å². The fourth-order valence-corrected chi connectivity index (χ4v) is 2.14. The first-order valence-electron chi connectivity index (χ1n) is 5.82. The summed E-state index contributed by atoms with van der Waals surface area (Å²) in [6, 6.07) is 11.8. The molecule has 1 nitrogen and oxygen atoms in total. The van der Waals surface area contributed by atoms with E-state index in [0.29, 0.717) is 5.02 Å². The molecule has 0 saturated heterocycles. The minimum absolute atomic E-state index is 0.664. The number of halogens is 2. The molecule has 0 spiro atoms. The molecule has 0 heterocycles. The van der Waals surface area contributed by atoms with E-state index in [9.17, 15) is 0 Å². The standard InChI is InChI=1S/C15H14BrClO/c1-3-11-5-4-10(2)14(8-11)18-15-9-12(17)6-7-13(15)16/h4-9H,3H2,1-2H3. The average molecular weight is 326 g/mol. The third-order valence-electron chi connectivity index (χ3n) is 2.77. The number of hydrogen-bond donors (Lipinski definition) is 0. The zero-order valence-electron chi connectivity index (χ0n) is 10.3. The van der Waals surface area contributed by atoms with Crippen molar-refractivity contribution in [1.82, 2.24) is 0 Å². The van der Waals surface area contributed by atoms with E-state index in [4.69, 9.17) is 16.3 Å². The Bertz CT molecular complexity index is 566. The summed E-state index contributed by atoms with van der Waals surface area (Å²) < 4.78 is 6.83. The lowest BCUT2D eigenvalue weighted by Crippen LogP contribution is -1.91. The molecule has 0 bridgehead atoms. The van der Waals surface area contributed by atoms with Crippen LogP contribution in [-0.4, -0.2) is 0 Å². The average Bonchev–Trinajstić information content (AvgIpc) is 2.36. The molecule has 0 aromatic heterocycles. The fraction of sp³-hybridized carbons (Fsp3) is 0.200. The minimum Gasteiger partial charge on any atom is -0.456 e. The van der Waals surface area contributed by atoms with E-state index in [0.717, 1.165) is 28.0 Å². The monoisotopic (exact) mass is 324 g/mol. The van der Waals surface area contributed by atoms with E-state index < -0.39 is 0 Å². The smallest absolute Gasteiger partial charge is 0.143 e. The van der Waals surface area contributed by atoms with Gasteiger partial charge in [0.15, 0.2) is 0 Å². The first-order valence-corrected chi connectivity index (χ1v) is 6.99. The molecule has 0 atom stereocenters. The van der Waals surface area contributed by atoms with Crippen molar-refractivity contribution in [3.63, 3.8) is 0 Å². The zero-order valence-corrected chi connectivity index (χ0v) is 12.7. The van der Waals surface area contributed by atoms with Crippen molar-refractivity contribution in [2.75, 3.05) is 0 Å². The van der Waals surface area contributed by atoms with Crippen molar-refractivity contribution in [3.8, 4) is 11.5 Å². The van der Waals surface area contributed by atoms with Gasteiger partial charge < -0.3 is 4.74 Å². The second kappa shape index (κ2) is 5.77. The molecule has 0 aliphatic rings. The third kappa shape index (κ3) is 3.06. The first kappa shape index (κ1) is 13.4. The van der Waals surface area contributed by atoms with Gasteiger partial charge in [-0.15, -0.1) is 0 Å². The Morgan fingerprint density at radius 2 is 1.89 bits per heavy atom. The maximum Gasteiger partial charge on any atom is 0.143 e. The van der Waals surface area contributed by atoms with Gasteiger partial charge >= 0.3 is 0 Å². The van der Waals surface area contributed by atoms with Gasteiger partial charge in [0.05, 0.1) is 4.47 Å². The normalized spacial score (nSPS) is 10.4. The van der Waals surface area contributed by atoms with Gasteiger partial charge in [-0.05, 0) is 58.6 Å². The van der Waals surface area contributed by atoms with Crippen LogP contribution in [0.5, 0.6) is 11.5 Å². The molecular weight excluding hydrogens is 312 g/mol. The van der Waals surface area contributed by atoms with Gasteiger partial charge in [-0.1, -0.05) is 30.7 Å². The molecule has 2 aromatic rings. The maximum absolute atomic E-state index is 5.98. The molecule has 0 saturated carbocycles. The predicted octanol–water partition coefficient (Wildman–Crippen LogP) is 5.77. The second-order valence-electron chi connectivity index (χ2n) is 4.13. The van der Waals surface area contributed by atoms with E-state index >= 15 is 0 Å². The number of hydrogen-bond acceptors (Lipinski definition) is 1. The molecule has 94 valence electrons. The Balaban J connectivity index is 2.36. The van der Waals surface area contributed by atoms with E-state index in [-0.39, 0.29) is 0 Å². The van der Waals surface area contributed by atoms with Crippen LogP contribution >= 0.6 is 27.5 Å². The quantitative estimate of drug-likeness (QED) is 0.696. The Morgan fingerprint density at radius 3 is 2.61 bits per heavy atom. The minimum atomic E-state index is 0.664. The summed E-state index contributed by atoms with van der Waals surface area (Å²) >= 11 is 9.44. The van der Waals surface area contributed by atoms with Crippen molar-refractivity contribution in [2.45, 2.75) is 20.3 Å². The van der Waals surface area contributed by atoms with Gasteiger partial charge in [0.2, 0.25) is 0 Å². The van der Waals surface area contributed by atoms with Gasteiger partial charge in [0, 0.05) is 11.1 Å². The van der Waals surface area contributed by atoms with Crippen LogP contribution in [0.4, 0.5) is 0 Å². The second-order valence-corrected chi connectivity index (χ2v) is 5.42. The third-order valence-corrected chi connectivity index (χ3v) is 3.66. The fourth-order valence-electron chi connectivity index (χ4n) is 1.65. The zero-order chi connectivity index (χ0) is 13.1. The molecule has 18 heavy (non-hydrogen) atoms. The van der Waals surface area contributed by atoms with Crippen LogP contribution in [0.2, 0.25) is 5.02 Å². The van der Waals surface area contributed by atoms with E-state index in [1.54, 1.807) is 0 Å². The number of aryl methyl sites for hydroxylation is 2. The van der Waals surface area contributed by atoms with Gasteiger partial charge in [0.25, 0.3) is 0 Å². The topological polar surface area (TPSA) is 9.23 Å². The highest BCUT2D eigenvalue weighted by Crippen LogP contribution is 2.33. The summed E-state index contributed by atoms with van der Waals surface area (Å²) in [4.78, 5) is 0. The van der Waals surface area contributed by atoms with Crippen LogP contribution in [0.3, 0.4) is 0 Å². The van der Waals surface area contributed by atoms with Crippen LogP contribution in [0.1, 0.15) is 18.1 Å². The lowest BCUT2D eigenvalue weighted by atomic mass is 10.1. The summed E-state index contributed by atoms with van der Waals surface area (Å²) in [7, 11) is 0. The maximum atomic E-state index is 5.98. The van der Waals surface area contributed by atoms with E-state index in [1.165, 1.54) is 5.56 Å². The van der Waals surface area contributed by atoms with E-state index in [1.807, 2.05) is 25.1 Å². The van der Waals surface area contributed by atoms with Crippen LogP contribution in [0, 0.1) is 6.92 Å². The van der Waals surface area contributed by atoms with Crippen molar-refractivity contribution >= 4 is 27.5 Å². The Hall–Kier alpha value is -0.990. The van der Waals surface area contributed by atoms with Gasteiger partial charge in [0.1, 0.15) is 11.5 Å². The molecule has 2 rings (SSSR count). The molecule has 3 heteroatoms. The van der Waals surface area contributed by atoms with Crippen LogP contribution in [0.25, 0.3) is 0 Å². The Kier molecular flexibility index (Phi) is 4.31. The van der Waals surface area contributed by atoms with Crippen LogP contribution in [0.15, 0.2) is 40.9 Å². The summed E-state index contributed by atoms with van der Waals surface area (Å²) in [5.41, 5.74) is 2.37. The molecule has 0 aliphatic carbocycles. The highest BCUT2D eigenvalue weighted by Gasteiger charge is 2.06. The van der Waals surface area contributed by atoms with Crippen molar-refractivity contribution in [1.29, 1.82) is 0 Å².